The summed E-state index contributed by atoms with van der Waals surface area (Å²) in [7, 11) is 0. The largest absolute Gasteiger partial charge is 0.460 e. The van der Waals surface area contributed by atoms with Crippen LogP contribution >= 0.6 is 31.9 Å². The molecular weight excluding hydrogens is 382 g/mol. The molecule has 108 valence electrons. The van der Waals surface area contributed by atoms with Crippen molar-refractivity contribution in [1.82, 2.24) is 5.32 Å². The minimum Gasteiger partial charge on any atom is -0.460 e. The molecule has 1 aromatic carbocycles. The number of hydrogen-bond acceptors (Lipinski definition) is 2. The molecule has 0 amide bonds. The molecule has 0 unspecified atom stereocenters. The summed E-state index contributed by atoms with van der Waals surface area (Å²) in [5, 5.41) is 3.41. The summed E-state index contributed by atoms with van der Waals surface area (Å²) in [4.78, 5) is 0. The van der Waals surface area contributed by atoms with E-state index < -0.39 is 0 Å². The minimum absolute atomic E-state index is 0.790. The highest BCUT2D eigenvalue weighted by atomic mass is 79.9. The van der Waals surface area contributed by atoms with E-state index in [1.807, 2.05) is 30.3 Å². The quantitative estimate of drug-likeness (QED) is 0.598. The van der Waals surface area contributed by atoms with Crippen LogP contribution in [-0.4, -0.2) is 6.54 Å². The highest BCUT2D eigenvalue weighted by molar-refractivity contribution is 9.11. The van der Waals surface area contributed by atoms with E-state index in [9.17, 15) is 0 Å². The SMILES string of the molecule is CCCCCNCc1ccc(-c2ccc(Br)cc2Br)o1. The van der Waals surface area contributed by atoms with Gasteiger partial charge < -0.3 is 9.73 Å². The van der Waals surface area contributed by atoms with E-state index in [2.05, 4.69) is 44.1 Å². The maximum absolute atomic E-state index is 5.89. The standard InChI is InChI=1S/C16H19Br2NO/c1-2-3-4-9-19-11-13-6-8-16(20-13)14-7-5-12(17)10-15(14)18/h5-8,10,19H,2-4,9,11H2,1H3. The Morgan fingerprint density at radius 3 is 2.70 bits per heavy atom. The first-order chi connectivity index (χ1) is 9.70. The second-order valence-corrected chi connectivity index (χ2v) is 6.54. The summed E-state index contributed by atoms with van der Waals surface area (Å²) < 4.78 is 7.97. The van der Waals surface area contributed by atoms with Crippen LogP contribution in [0, 0.1) is 0 Å². The molecule has 0 saturated heterocycles. The molecule has 2 aromatic rings. The highest BCUT2D eigenvalue weighted by Gasteiger charge is 2.08. The van der Waals surface area contributed by atoms with Crippen molar-refractivity contribution in [2.45, 2.75) is 32.7 Å². The normalized spacial score (nSPS) is 10.9. The molecule has 0 aliphatic rings. The fraction of sp³-hybridized carbons (Fsp3) is 0.375. The molecule has 0 saturated carbocycles. The van der Waals surface area contributed by atoms with E-state index in [4.69, 9.17) is 4.42 Å². The van der Waals surface area contributed by atoms with E-state index in [1.54, 1.807) is 0 Å². The fourth-order valence-electron chi connectivity index (χ4n) is 2.02. The topological polar surface area (TPSA) is 25.2 Å². The lowest BCUT2D eigenvalue weighted by molar-refractivity contribution is 0.488. The molecule has 0 fully saturated rings. The molecule has 0 aliphatic carbocycles. The first-order valence-corrected chi connectivity index (χ1v) is 8.54. The summed E-state index contributed by atoms with van der Waals surface area (Å²) in [6.45, 7) is 4.05. The number of benzene rings is 1. The van der Waals surface area contributed by atoms with Crippen LogP contribution in [0.4, 0.5) is 0 Å². The van der Waals surface area contributed by atoms with Gasteiger partial charge in [0, 0.05) is 14.5 Å². The molecule has 0 bridgehead atoms. The predicted octanol–water partition coefficient (Wildman–Crippen LogP) is 5.75. The van der Waals surface area contributed by atoms with Crippen molar-refractivity contribution < 1.29 is 4.42 Å². The second kappa shape index (κ2) is 8.01. The average Bonchev–Trinajstić information content (AvgIpc) is 2.87. The van der Waals surface area contributed by atoms with E-state index >= 15 is 0 Å². The average molecular weight is 401 g/mol. The third-order valence-electron chi connectivity index (χ3n) is 3.11. The minimum atomic E-state index is 0.790. The Morgan fingerprint density at radius 1 is 1.10 bits per heavy atom. The second-order valence-electron chi connectivity index (χ2n) is 4.77. The molecule has 2 nitrogen and oxygen atoms in total. The van der Waals surface area contributed by atoms with Crippen LogP contribution < -0.4 is 5.32 Å². The number of nitrogens with one attached hydrogen (secondary N) is 1. The van der Waals surface area contributed by atoms with E-state index in [0.717, 1.165) is 39.1 Å². The van der Waals surface area contributed by atoms with Gasteiger partial charge in [-0.3, -0.25) is 0 Å². The van der Waals surface area contributed by atoms with Crippen LogP contribution in [0.3, 0.4) is 0 Å². The van der Waals surface area contributed by atoms with E-state index in [-0.39, 0.29) is 0 Å². The summed E-state index contributed by atoms with van der Waals surface area (Å²) >= 11 is 7.03. The first-order valence-electron chi connectivity index (χ1n) is 6.95. The summed E-state index contributed by atoms with van der Waals surface area (Å²) in [6, 6.07) is 10.2. The van der Waals surface area contributed by atoms with Crippen LogP contribution in [0.5, 0.6) is 0 Å². The Labute approximate surface area is 137 Å². The van der Waals surface area contributed by atoms with Crippen LogP contribution in [-0.2, 0) is 6.54 Å². The Kier molecular flexibility index (Phi) is 6.33. The molecular formula is C16H19Br2NO. The van der Waals surface area contributed by atoms with Crippen LogP contribution in [0.15, 0.2) is 43.7 Å². The fourth-order valence-corrected chi connectivity index (χ4v) is 3.26. The molecule has 20 heavy (non-hydrogen) atoms. The van der Waals surface area contributed by atoms with Gasteiger partial charge in [0.25, 0.3) is 0 Å². The summed E-state index contributed by atoms with van der Waals surface area (Å²) in [6.07, 6.45) is 3.76. The lowest BCUT2D eigenvalue weighted by Crippen LogP contribution is -2.13. The summed E-state index contributed by atoms with van der Waals surface area (Å²) in [5.74, 6) is 1.88. The molecule has 1 aromatic heterocycles. The zero-order valence-corrected chi connectivity index (χ0v) is 14.8. The third kappa shape index (κ3) is 4.47. The lowest BCUT2D eigenvalue weighted by Gasteiger charge is -2.03. The molecule has 2 rings (SSSR count). The summed E-state index contributed by atoms with van der Waals surface area (Å²) in [5.41, 5.74) is 1.07. The van der Waals surface area contributed by atoms with Crippen molar-refractivity contribution >= 4 is 31.9 Å². The highest BCUT2D eigenvalue weighted by Crippen LogP contribution is 2.31. The van der Waals surface area contributed by atoms with Crippen molar-refractivity contribution in [3.63, 3.8) is 0 Å². The van der Waals surface area contributed by atoms with Crippen LogP contribution in [0.1, 0.15) is 31.9 Å². The van der Waals surface area contributed by atoms with Crippen LogP contribution in [0.25, 0.3) is 11.3 Å². The zero-order chi connectivity index (χ0) is 14.4. The van der Waals surface area contributed by atoms with Gasteiger partial charge in [0.1, 0.15) is 11.5 Å². The number of rotatable bonds is 7. The lowest BCUT2D eigenvalue weighted by atomic mass is 10.2. The monoisotopic (exact) mass is 399 g/mol. The van der Waals surface area contributed by atoms with Gasteiger partial charge in [-0.1, -0.05) is 35.7 Å². The van der Waals surface area contributed by atoms with Gasteiger partial charge in [-0.2, -0.15) is 0 Å². The van der Waals surface area contributed by atoms with Crippen molar-refractivity contribution in [2.75, 3.05) is 6.54 Å². The first kappa shape index (κ1) is 15.8. The Morgan fingerprint density at radius 2 is 1.95 bits per heavy atom. The van der Waals surface area contributed by atoms with Gasteiger partial charge in [0.15, 0.2) is 0 Å². The molecule has 1 N–H and O–H groups in total. The van der Waals surface area contributed by atoms with Gasteiger partial charge >= 0.3 is 0 Å². The molecule has 0 atom stereocenters. The maximum Gasteiger partial charge on any atom is 0.135 e. The molecule has 0 radical (unpaired) electrons. The number of hydrogen-bond donors (Lipinski definition) is 1. The van der Waals surface area contributed by atoms with Gasteiger partial charge in [0.2, 0.25) is 0 Å². The smallest absolute Gasteiger partial charge is 0.135 e. The molecule has 0 spiro atoms. The number of halogens is 2. The zero-order valence-electron chi connectivity index (χ0n) is 11.6. The van der Waals surface area contributed by atoms with Gasteiger partial charge in [-0.05, 0) is 59.2 Å². The number of furan rings is 1. The Balaban J connectivity index is 1.95. The van der Waals surface area contributed by atoms with Crippen LogP contribution in [0.2, 0.25) is 0 Å². The third-order valence-corrected chi connectivity index (χ3v) is 4.26. The molecule has 1 heterocycles. The van der Waals surface area contributed by atoms with Gasteiger partial charge in [-0.25, -0.2) is 0 Å². The molecule has 0 aliphatic heterocycles. The van der Waals surface area contributed by atoms with Crippen molar-refractivity contribution in [2.24, 2.45) is 0 Å². The Hall–Kier alpha value is -0.580. The Bertz CT molecular complexity index is 551. The van der Waals surface area contributed by atoms with Crippen molar-refractivity contribution in [3.05, 3.63) is 45.0 Å². The van der Waals surface area contributed by atoms with Gasteiger partial charge in [0.05, 0.1) is 6.54 Å². The molecule has 4 heteroatoms. The van der Waals surface area contributed by atoms with Gasteiger partial charge in [-0.15, -0.1) is 0 Å². The maximum atomic E-state index is 5.89. The van der Waals surface area contributed by atoms with Crippen molar-refractivity contribution in [1.29, 1.82) is 0 Å². The van der Waals surface area contributed by atoms with E-state index in [0.29, 0.717) is 0 Å². The van der Waals surface area contributed by atoms with Crippen molar-refractivity contribution in [3.8, 4) is 11.3 Å². The number of unbranched alkanes of at least 4 members (excludes halogenated alkanes) is 2. The van der Waals surface area contributed by atoms with E-state index in [1.165, 1.54) is 19.3 Å². The predicted molar refractivity (Wildman–Crippen MR) is 90.8 cm³/mol.